The number of halogens is 1. The number of aliphatic hydroxyl groups is 2. The third kappa shape index (κ3) is 4.09. The van der Waals surface area contributed by atoms with Gasteiger partial charge in [-0.2, -0.15) is 0 Å². The van der Waals surface area contributed by atoms with Crippen molar-refractivity contribution in [3.05, 3.63) is 70.6 Å². The molecule has 142 valence electrons. The van der Waals surface area contributed by atoms with Gasteiger partial charge in [-0.1, -0.05) is 19.1 Å². The Hall–Kier alpha value is -2.93. The molecule has 1 aromatic heterocycles. The lowest BCUT2D eigenvalue weighted by atomic mass is 10.1. The number of amides is 1. The topological polar surface area (TPSA) is 91.0 Å². The maximum Gasteiger partial charge on any atom is 0.289 e. The van der Waals surface area contributed by atoms with Gasteiger partial charge in [0.05, 0.1) is 18.2 Å². The summed E-state index contributed by atoms with van der Waals surface area (Å²) in [5.41, 5.74) is 0.772. The molecule has 1 aliphatic heterocycles. The molecule has 0 aliphatic carbocycles. The van der Waals surface area contributed by atoms with E-state index in [2.05, 4.69) is 0 Å². The fraction of sp³-hybridized carbons (Fsp3) is 0.300. The van der Waals surface area contributed by atoms with Gasteiger partial charge >= 0.3 is 0 Å². The number of benzene rings is 1. The van der Waals surface area contributed by atoms with Gasteiger partial charge in [0, 0.05) is 13.0 Å². The van der Waals surface area contributed by atoms with Crippen LogP contribution in [-0.2, 0) is 11.2 Å². The molecule has 0 radical (unpaired) electrons. The summed E-state index contributed by atoms with van der Waals surface area (Å²) >= 11 is 0. The normalized spacial score (nSPS) is 15.5. The first kappa shape index (κ1) is 18.8. The number of carbonyl (C=O) groups is 2. The Kier molecular flexibility index (Phi) is 5.41. The second kappa shape index (κ2) is 7.75. The predicted molar refractivity (Wildman–Crippen MR) is 94.8 cm³/mol. The zero-order valence-corrected chi connectivity index (χ0v) is 14.8. The van der Waals surface area contributed by atoms with Crippen molar-refractivity contribution in [3.8, 4) is 0 Å². The lowest BCUT2D eigenvalue weighted by Crippen LogP contribution is -2.35. The van der Waals surface area contributed by atoms with Crippen molar-refractivity contribution in [2.24, 2.45) is 0 Å². The average Bonchev–Trinajstić information content (AvgIpc) is 3.23. The summed E-state index contributed by atoms with van der Waals surface area (Å²) in [7, 11) is 0. The van der Waals surface area contributed by atoms with Crippen molar-refractivity contribution >= 4 is 11.7 Å². The van der Waals surface area contributed by atoms with E-state index in [1.165, 1.54) is 23.1 Å². The molecule has 27 heavy (non-hydrogen) atoms. The number of rotatable bonds is 7. The van der Waals surface area contributed by atoms with Crippen LogP contribution >= 0.6 is 0 Å². The van der Waals surface area contributed by atoms with Crippen molar-refractivity contribution in [2.45, 2.75) is 25.9 Å². The first-order valence-electron chi connectivity index (χ1n) is 8.66. The van der Waals surface area contributed by atoms with Crippen LogP contribution in [-0.4, -0.2) is 46.0 Å². The molecule has 0 fully saturated rings. The van der Waals surface area contributed by atoms with Crippen LogP contribution in [0.5, 0.6) is 0 Å². The Morgan fingerprint density at radius 3 is 2.63 bits per heavy atom. The molecule has 1 aromatic carbocycles. The summed E-state index contributed by atoms with van der Waals surface area (Å²) in [6.45, 7) is 1.74. The van der Waals surface area contributed by atoms with Crippen molar-refractivity contribution in [1.29, 1.82) is 0 Å². The van der Waals surface area contributed by atoms with Crippen LogP contribution in [0, 0.1) is 5.82 Å². The summed E-state index contributed by atoms with van der Waals surface area (Å²) in [6.07, 6.45) is 0.118. The first-order chi connectivity index (χ1) is 12.9. The molecule has 2 N–H and O–H groups in total. The highest BCUT2D eigenvalue weighted by atomic mass is 19.1. The number of carbonyl (C=O) groups excluding carboxylic acids is 2. The lowest BCUT2D eigenvalue weighted by Gasteiger charge is -2.19. The highest BCUT2D eigenvalue weighted by molar-refractivity contribution is 6.14. The predicted octanol–water partition coefficient (Wildman–Crippen LogP) is 2.62. The molecule has 1 aliphatic rings. The highest BCUT2D eigenvalue weighted by Gasteiger charge is 2.35. The van der Waals surface area contributed by atoms with Gasteiger partial charge in [0.15, 0.2) is 11.5 Å². The molecule has 6 nitrogen and oxygen atoms in total. The summed E-state index contributed by atoms with van der Waals surface area (Å²) < 4.78 is 18.5. The molecule has 3 rings (SSSR count). The standard InChI is InChI=1S/C20H20FNO5/c1-2-14(23)10-22-11-16(19(25)20(22)26)18(24)17-8-7-15(27-17)9-12-3-5-13(21)6-4-12/h3-8,14,23,25H,2,9-11H2,1H3. The van der Waals surface area contributed by atoms with Crippen LogP contribution in [0.2, 0.25) is 0 Å². The Bertz CT molecular complexity index is 884. The van der Waals surface area contributed by atoms with Crippen LogP contribution in [0.15, 0.2) is 52.1 Å². The Morgan fingerprint density at radius 2 is 1.96 bits per heavy atom. The number of nitrogens with zero attached hydrogens (tertiary/aromatic N) is 1. The molecule has 2 aromatic rings. The van der Waals surface area contributed by atoms with E-state index in [1.54, 1.807) is 25.1 Å². The number of hydrogen-bond donors (Lipinski definition) is 2. The van der Waals surface area contributed by atoms with E-state index >= 15 is 0 Å². The van der Waals surface area contributed by atoms with Crippen molar-refractivity contribution in [1.82, 2.24) is 4.90 Å². The average molecular weight is 373 g/mol. The number of furan rings is 1. The molecular weight excluding hydrogens is 353 g/mol. The maximum atomic E-state index is 13.0. The molecule has 2 heterocycles. The SMILES string of the molecule is CCC(O)CN1CC(C(=O)c2ccc(Cc3ccc(F)cc3)o2)=C(O)C1=O. The van der Waals surface area contributed by atoms with Crippen LogP contribution in [0.3, 0.4) is 0 Å². The summed E-state index contributed by atoms with van der Waals surface area (Å²) in [4.78, 5) is 25.9. The fourth-order valence-corrected chi connectivity index (χ4v) is 2.87. The van der Waals surface area contributed by atoms with Gasteiger partial charge in [-0.05, 0) is 36.2 Å². The molecule has 0 bridgehead atoms. The minimum atomic E-state index is -0.720. The van der Waals surface area contributed by atoms with Crippen LogP contribution < -0.4 is 0 Å². The van der Waals surface area contributed by atoms with Gasteiger partial charge < -0.3 is 19.5 Å². The summed E-state index contributed by atoms with van der Waals surface area (Å²) in [5, 5.41) is 19.7. The zero-order chi connectivity index (χ0) is 19.6. The van der Waals surface area contributed by atoms with Gasteiger partial charge in [0.1, 0.15) is 11.6 Å². The monoisotopic (exact) mass is 373 g/mol. The first-order valence-corrected chi connectivity index (χ1v) is 8.66. The minimum Gasteiger partial charge on any atom is -0.503 e. The van der Waals surface area contributed by atoms with Gasteiger partial charge in [-0.25, -0.2) is 4.39 Å². The van der Waals surface area contributed by atoms with E-state index in [9.17, 15) is 24.2 Å². The molecule has 0 saturated heterocycles. The number of ketones is 1. The smallest absolute Gasteiger partial charge is 0.289 e. The molecule has 1 atom stereocenters. The molecular formula is C20H20FNO5. The van der Waals surface area contributed by atoms with Gasteiger partial charge in [-0.3, -0.25) is 9.59 Å². The molecule has 1 amide bonds. The maximum absolute atomic E-state index is 13.0. The van der Waals surface area contributed by atoms with Crippen LogP contribution in [0.1, 0.15) is 35.2 Å². The highest BCUT2D eigenvalue weighted by Crippen LogP contribution is 2.23. The molecule has 0 spiro atoms. The van der Waals surface area contributed by atoms with Gasteiger partial charge in [0.2, 0.25) is 5.78 Å². The van der Waals surface area contributed by atoms with E-state index in [0.29, 0.717) is 18.6 Å². The quantitative estimate of drug-likeness (QED) is 0.728. The fourth-order valence-electron chi connectivity index (χ4n) is 2.87. The molecule has 0 saturated carbocycles. The third-order valence-corrected chi connectivity index (χ3v) is 4.48. The molecule has 1 unspecified atom stereocenters. The third-order valence-electron chi connectivity index (χ3n) is 4.48. The number of β-amino-alcohol motifs (C(OH)–C–C–N with tert-alkyl or cyclic N) is 1. The Morgan fingerprint density at radius 1 is 1.26 bits per heavy atom. The second-order valence-corrected chi connectivity index (χ2v) is 6.47. The summed E-state index contributed by atoms with van der Waals surface area (Å²) in [5.74, 6) is -1.67. The van der Waals surface area contributed by atoms with Gasteiger partial charge in [0.25, 0.3) is 5.91 Å². The van der Waals surface area contributed by atoms with Crippen molar-refractivity contribution in [3.63, 3.8) is 0 Å². The largest absolute Gasteiger partial charge is 0.503 e. The number of Topliss-reactive ketones (excluding diaryl/α,β-unsaturated/α-hetero) is 1. The van der Waals surface area contributed by atoms with Crippen molar-refractivity contribution < 1.29 is 28.6 Å². The van der Waals surface area contributed by atoms with E-state index in [4.69, 9.17) is 4.42 Å². The number of aliphatic hydroxyl groups excluding tert-OH is 2. The Labute approximate surface area is 155 Å². The van der Waals surface area contributed by atoms with E-state index < -0.39 is 23.6 Å². The van der Waals surface area contributed by atoms with E-state index in [1.807, 2.05) is 0 Å². The van der Waals surface area contributed by atoms with Gasteiger partial charge in [-0.15, -0.1) is 0 Å². The Balaban J connectivity index is 1.72. The van der Waals surface area contributed by atoms with Crippen LogP contribution in [0.25, 0.3) is 0 Å². The minimum absolute atomic E-state index is 0.0133. The van der Waals surface area contributed by atoms with Crippen molar-refractivity contribution in [2.75, 3.05) is 13.1 Å². The van der Waals surface area contributed by atoms with E-state index in [-0.39, 0.29) is 30.2 Å². The lowest BCUT2D eigenvalue weighted by molar-refractivity contribution is -0.129. The number of hydrogen-bond acceptors (Lipinski definition) is 5. The van der Waals surface area contributed by atoms with Crippen LogP contribution in [0.4, 0.5) is 4.39 Å². The molecule has 7 heteroatoms. The van der Waals surface area contributed by atoms with E-state index in [0.717, 1.165) is 5.56 Å². The zero-order valence-electron chi connectivity index (χ0n) is 14.8. The second-order valence-electron chi connectivity index (χ2n) is 6.47. The summed E-state index contributed by atoms with van der Waals surface area (Å²) in [6, 6.07) is 9.05.